The van der Waals surface area contributed by atoms with E-state index in [0.29, 0.717) is 6.54 Å². The molecule has 5 nitrogen and oxygen atoms in total. The monoisotopic (exact) mass is 374 g/mol. The predicted octanol–water partition coefficient (Wildman–Crippen LogP) is 3.37. The van der Waals surface area contributed by atoms with Crippen molar-refractivity contribution in [3.8, 4) is 5.75 Å². The van der Waals surface area contributed by atoms with Gasteiger partial charge in [0.25, 0.3) is 0 Å². The molecule has 0 radical (unpaired) electrons. The van der Waals surface area contributed by atoms with Gasteiger partial charge in [-0.1, -0.05) is 32.9 Å². The van der Waals surface area contributed by atoms with E-state index in [9.17, 15) is 9.59 Å². The maximum absolute atomic E-state index is 13.0. The lowest BCUT2D eigenvalue weighted by atomic mass is 9.90. The second-order valence-electron chi connectivity index (χ2n) is 8.69. The Morgan fingerprint density at radius 1 is 1.26 bits per heavy atom. The van der Waals surface area contributed by atoms with Gasteiger partial charge in [-0.05, 0) is 43.9 Å². The van der Waals surface area contributed by atoms with Gasteiger partial charge in [-0.2, -0.15) is 0 Å². The molecule has 27 heavy (non-hydrogen) atoms. The van der Waals surface area contributed by atoms with Gasteiger partial charge in [0.2, 0.25) is 11.8 Å². The van der Waals surface area contributed by atoms with Crippen molar-refractivity contribution < 1.29 is 14.3 Å². The molecule has 1 heterocycles. The number of rotatable bonds is 5. The number of benzene rings is 1. The highest BCUT2D eigenvalue weighted by molar-refractivity contribution is 5.84. The van der Waals surface area contributed by atoms with Gasteiger partial charge < -0.3 is 14.5 Å². The molecule has 150 valence electrons. The Hall–Kier alpha value is -2.04. The van der Waals surface area contributed by atoms with E-state index < -0.39 is 5.41 Å². The number of hydrogen-bond acceptors (Lipinski definition) is 3. The largest absolute Gasteiger partial charge is 0.497 e. The summed E-state index contributed by atoms with van der Waals surface area (Å²) in [6.45, 7) is 9.17. The fraction of sp³-hybridized carbons (Fsp3) is 0.636. The minimum absolute atomic E-state index is 0.0968. The Labute approximate surface area is 163 Å². The van der Waals surface area contributed by atoms with Crippen LogP contribution in [0.15, 0.2) is 24.3 Å². The van der Waals surface area contributed by atoms with Crippen molar-refractivity contribution in [1.29, 1.82) is 0 Å². The van der Waals surface area contributed by atoms with Gasteiger partial charge in [0.1, 0.15) is 5.75 Å². The molecule has 0 bridgehead atoms. The van der Waals surface area contributed by atoms with E-state index in [0.717, 1.165) is 31.6 Å². The SMILES string of the molecule is COc1ccc(C[C@@H](C)N(C)C(=O)[C@H]2CCCN(C(=O)C(C)(C)C)C2)cc1. The summed E-state index contributed by atoms with van der Waals surface area (Å²) in [4.78, 5) is 29.3. The lowest BCUT2D eigenvalue weighted by Crippen LogP contribution is -2.50. The standard InChI is InChI=1S/C22H34N2O3/c1-16(14-17-9-11-19(27-6)12-10-17)23(5)20(25)18-8-7-13-24(15-18)21(26)22(2,3)4/h9-12,16,18H,7-8,13-15H2,1-6H3/t16-,18+/m1/s1. The molecule has 0 unspecified atom stereocenters. The molecule has 1 aliphatic heterocycles. The van der Waals surface area contributed by atoms with Crippen LogP contribution in [-0.2, 0) is 16.0 Å². The zero-order chi connectivity index (χ0) is 20.2. The average Bonchev–Trinajstić information content (AvgIpc) is 2.66. The van der Waals surface area contributed by atoms with Crippen molar-refractivity contribution in [2.24, 2.45) is 11.3 Å². The fourth-order valence-electron chi connectivity index (χ4n) is 3.58. The summed E-state index contributed by atoms with van der Waals surface area (Å²) in [5, 5.41) is 0. The predicted molar refractivity (Wildman–Crippen MR) is 108 cm³/mol. The van der Waals surface area contributed by atoms with Gasteiger partial charge in [-0.15, -0.1) is 0 Å². The number of hydrogen-bond donors (Lipinski definition) is 0. The molecule has 1 aromatic rings. The third-order valence-electron chi connectivity index (χ3n) is 5.40. The summed E-state index contributed by atoms with van der Waals surface area (Å²) in [6, 6.07) is 8.07. The van der Waals surface area contributed by atoms with Crippen LogP contribution in [0.2, 0.25) is 0 Å². The molecule has 2 rings (SSSR count). The van der Waals surface area contributed by atoms with Crippen molar-refractivity contribution in [3.63, 3.8) is 0 Å². The highest BCUT2D eigenvalue weighted by atomic mass is 16.5. The normalized spacial score (nSPS) is 18.7. The maximum Gasteiger partial charge on any atom is 0.227 e. The van der Waals surface area contributed by atoms with Gasteiger partial charge in [0.05, 0.1) is 13.0 Å². The molecule has 5 heteroatoms. The van der Waals surface area contributed by atoms with Crippen LogP contribution in [0.5, 0.6) is 5.75 Å². The zero-order valence-electron chi connectivity index (χ0n) is 17.6. The van der Waals surface area contributed by atoms with E-state index >= 15 is 0 Å². The number of nitrogens with zero attached hydrogens (tertiary/aromatic N) is 2. The molecule has 1 saturated heterocycles. The van der Waals surface area contributed by atoms with Crippen LogP contribution in [0.3, 0.4) is 0 Å². The summed E-state index contributed by atoms with van der Waals surface area (Å²) in [6.07, 6.45) is 2.54. The number of methoxy groups -OCH3 is 1. The fourth-order valence-corrected chi connectivity index (χ4v) is 3.58. The molecule has 0 spiro atoms. The van der Waals surface area contributed by atoms with Crippen LogP contribution in [0.1, 0.15) is 46.1 Å². The smallest absolute Gasteiger partial charge is 0.227 e. The first-order valence-corrected chi connectivity index (χ1v) is 9.82. The van der Waals surface area contributed by atoms with Crippen molar-refractivity contribution in [2.45, 2.75) is 53.0 Å². The number of piperidine rings is 1. The van der Waals surface area contributed by atoms with Crippen LogP contribution in [-0.4, -0.2) is 54.9 Å². The molecule has 0 aliphatic carbocycles. The van der Waals surface area contributed by atoms with Crippen molar-refractivity contribution in [3.05, 3.63) is 29.8 Å². The number of ether oxygens (including phenoxy) is 1. The minimum Gasteiger partial charge on any atom is -0.497 e. The molecule has 0 N–H and O–H groups in total. The van der Waals surface area contributed by atoms with Crippen molar-refractivity contribution in [1.82, 2.24) is 9.80 Å². The number of carbonyl (C=O) groups excluding carboxylic acids is 2. The van der Waals surface area contributed by atoms with E-state index in [1.165, 1.54) is 5.56 Å². The van der Waals surface area contributed by atoms with Gasteiger partial charge in [-0.25, -0.2) is 0 Å². The maximum atomic E-state index is 13.0. The lowest BCUT2D eigenvalue weighted by molar-refractivity contribution is -0.145. The summed E-state index contributed by atoms with van der Waals surface area (Å²) >= 11 is 0. The first kappa shape index (κ1) is 21.3. The molecular formula is C22H34N2O3. The molecule has 1 aromatic carbocycles. The van der Waals surface area contributed by atoms with Crippen molar-refractivity contribution >= 4 is 11.8 Å². The van der Waals surface area contributed by atoms with Gasteiger partial charge >= 0.3 is 0 Å². The minimum atomic E-state index is -0.404. The van der Waals surface area contributed by atoms with E-state index in [2.05, 4.69) is 6.92 Å². The third kappa shape index (κ3) is 5.47. The van der Waals surface area contributed by atoms with Crippen LogP contribution < -0.4 is 4.74 Å². The molecule has 0 saturated carbocycles. The quantitative estimate of drug-likeness (QED) is 0.794. The van der Waals surface area contributed by atoms with Crippen LogP contribution in [0, 0.1) is 11.3 Å². The van der Waals surface area contributed by atoms with Crippen LogP contribution >= 0.6 is 0 Å². The first-order chi connectivity index (χ1) is 12.6. The van der Waals surface area contributed by atoms with Gasteiger partial charge in [0.15, 0.2) is 0 Å². The Bertz CT molecular complexity index is 649. The zero-order valence-corrected chi connectivity index (χ0v) is 17.6. The third-order valence-corrected chi connectivity index (χ3v) is 5.40. The highest BCUT2D eigenvalue weighted by Gasteiger charge is 2.35. The Balaban J connectivity index is 1.97. The van der Waals surface area contributed by atoms with E-state index in [-0.39, 0.29) is 23.8 Å². The summed E-state index contributed by atoms with van der Waals surface area (Å²) < 4.78 is 5.20. The molecule has 2 atom stereocenters. The number of amides is 2. The van der Waals surface area contributed by atoms with E-state index in [4.69, 9.17) is 4.74 Å². The highest BCUT2D eigenvalue weighted by Crippen LogP contribution is 2.25. The van der Waals surface area contributed by atoms with Gasteiger partial charge in [-0.3, -0.25) is 9.59 Å². The lowest BCUT2D eigenvalue weighted by Gasteiger charge is -2.38. The summed E-state index contributed by atoms with van der Waals surface area (Å²) in [7, 11) is 3.53. The molecule has 1 fully saturated rings. The molecular weight excluding hydrogens is 340 g/mol. The number of likely N-dealkylation sites (N-methyl/N-ethyl adjacent to an activating group) is 1. The first-order valence-electron chi connectivity index (χ1n) is 9.82. The Morgan fingerprint density at radius 3 is 2.44 bits per heavy atom. The van der Waals surface area contributed by atoms with E-state index in [1.54, 1.807) is 7.11 Å². The Kier molecular flexibility index (Phi) is 6.90. The number of likely N-dealkylation sites (tertiary alicyclic amines) is 1. The molecule has 0 aromatic heterocycles. The van der Waals surface area contributed by atoms with E-state index in [1.807, 2.05) is 61.9 Å². The van der Waals surface area contributed by atoms with Gasteiger partial charge in [0, 0.05) is 31.6 Å². The second-order valence-corrected chi connectivity index (χ2v) is 8.69. The second kappa shape index (κ2) is 8.77. The van der Waals surface area contributed by atoms with Crippen LogP contribution in [0.25, 0.3) is 0 Å². The summed E-state index contributed by atoms with van der Waals surface area (Å²) in [5.41, 5.74) is 0.773. The summed E-state index contributed by atoms with van der Waals surface area (Å²) in [5.74, 6) is 1.01. The topological polar surface area (TPSA) is 49.9 Å². The Morgan fingerprint density at radius 2 is 1.89 bits per heavy atom. The van der Waals surface area contributed by atoms with Crippen molar-refractivity contribution in [2.75, 3.05) is 27.2 Å². The number of carbonyl (C=O) groups is 2. The van der Waals surface area contributed by atoms with Crippen LogP contribution in [0.4, 0.5) is 0 Å². The molecule has 2 amide bonds. The molecule has 1 aliphatic rings. The average molecular weight is 375 g/mol.